The van der Waals surface area contributed by atoms with E-state index in [1.165, 1.54) is 5.56 Å². The quantitative estimate of drug-likeness (QED) is 0.740. The van der Waals surface area contributed by atoms with Crippen molar-refractivity contribution in [3.8, 4) is 5.75 Å². The average molecular weight is 265 g/mol. The molecule has 1 aromatic carbocycles. The van der Waals surface area contributed by atoms with E-state index in [4.69, 9.17) is 9.47 Å². The molecule has 1 atom stereocenters. The summed E-state index contributed by atoms with van der Waals surface area (Å²) in [7, 11) is 0. The first-order valence-corrected chi connectivity index (χ1v) is 7.25. The highest BCUT2D eigenvalue weighted by Crippen LogP contribution is 2.20. The summed E-state index contributed by atoms with van der Waals surface area (Å²) in [6.07, 6.45) is 1.28. The van der Waals surface area contributed by atoms with E-state index in [9.17, 15) is 0 Å². The molecular formula is C16H27NO2. The van der Waals surface area contributed by atoms with E-state index in [0.717, 1.165) is 25.3 Å². The van der Waals surface area contributed by atoms with Crippen LogP contribution in [0.2, 0.25) is 0 Å². The highest BCUT2D eigenvalue weighted by atomic mass is 16.5. The summed E-state index contributed by atoms with van der Waals surface area (Å²) < 4.78 is 11.4. The second kappa shape index (κ2) is 8.94. The Morgan fingerprint density at radius 3 is 2.63 bits per heavy atom. The maximum Gasteiger partial charge on any atom is 0.119 e. The van der Waals surface area contributed by atoms with Crippen LogP contribution < -0.4 is 10.1 Å². The van der Waals surface area contributed by atoms with Gasteiger partial charge in [0, 0.05) is 0 Å². The van der Waals surface area contributed by atoms with E-state index < -0.39 is 0 Å². The molecule has 0 aliphatic carbocycles. The smallest absolute Gasteiger partial charge is 0.119 e. The van der Waals surface area contributed by atoms with E-state index >= 15 is 0 Å². The lowest BCUT2D eigenvalue weighted by Crippen LogP contribution is -2.26. The number of benzene rings is 1. The molecule has 0 radical (unpaired) electrons. The first-order valence-electron chi connectivity index (χ1n) is 7.25. The Balaban J connectivity index is 2.71. The average Bonchev–Trinajstić information content (AvgIpc) is 2.41. The van der Waals surface area contributed by atoms with Gasteiger partial charge in [-0.2, -0.15) is 0 Å². The Labute approximate surface area is 117 Å². The van der Waals surface area contributed by atoms with Gasteiger partial charge in [-0.05, 0) is 44.5 Å². The van der Waals surface area contributed by atoms with Gasteiger partial charge in [0.25, 0.3) is 0 Å². The molecule has 3 nitrogen and oxygen atoms in total. The van der Waals surface area contributed by atoms with Crippen molar-refractivity contribution in [1.29, 1.82) is 0 Å². The first-order chi connectivity index (χ1) is 9.17. The lowest BCUT2D eigenvalue weighted by Gasteiger charge is -2.20. The third kappa shape index (κ3) is 6.08. The first kappa shape index (κ1) is 16.0. The molecule has 0 amide bonds. The Kier molecular flexibility index (Phi) is 7.53. The van der Waals surface area contributed by atoms with Gasteiger partial charge in [0.2, 0.25) is 0 Å². The Bertz CT molecular complexity index is 352. The Hall–Kier alpha value is -1.06. The van der Waals surface area contributed by atoms with Crippen LogP contribution >= 0.6 is 0 Å². The molecule has 0 spiro atoms. The van der Waals surface area contributed by atoms with Crippen molar-refractivity contribution >= 4 is 0 Å². The van der Waals surface area contributed by atoms with Crippen LogP contribution in [-0.2, 0) is 4.74 Å². The zero-order valence-corrected chi connectivity index (χ0v) is 12.6. The van der Waals surface area contributed by atoms with Crippen LogP contribution in [0, 0.1) is 0 Å². The summed E-state index contributed by atoms with van der Waals surface area (Å²) in [5, 5.41) is 3.46. The number of hydrogen-bond acceptors (Lipinski definition) is 3. The normalized spacial score (nSPS) is 12.7. The van der Waals surface area contributed by atoms with E-state index in [1.54, 1.807) is 0 Å². The van der Waals surface area contributed by atoms with Crippen LogP contribution in [0.5, 0.6) is 5.75 Å². The van der Waals surface area contributed by atoms with Crippen LogP contribution in [0.1, 0.15) is 45.7 Å². The summed E-state index contributed by atoms with van der Waals surface area (Å²) in [6, 6.07) is 8.49. The molecule has 0 aromatic heterocycles. The predicted molar refractivity (Wildman–Crippen MR) is 79.7 cm³/mol. The molecule has 0 aliphatic heterocycles. The van der Waals surface area contributed by atoms with Gasteiger partial charge in [0.1, 0.15) is 5.75 Å². The highest BCUT2D eigenvalue weighted by Gasteiger charge is 2.12. The third-order valence-electron chi connectivity index (χ3n) is 2.78. The molecule has 0 heterocycles. The standard InChI is InChI=1S/C16H27NO2/c1-5-10-18-15-9-7-8-14(11-15)16(17-6-2)12-19-13(3)4/h7-9,11,13,16-17H,5-6,10,12H2,1-4H3. The molecule has 0 saturated heterocycles. The second-order valence-electron chi connectivity index (χ2n) is 4.91. The molecule has 0 aliphatic rings. The summed E-state index contributed by atoms with van der Waals surface area (Å²) in [4.78, 5) is 0. The molecule has 3 heteroatoms. The minimum atomic E-state index is 0.220. The molecule has 1 N–H and O–H groups in total. The van der Waals surface area contributed by atoms with Gasteiger partial charge < -0.3 is 14.8 Å². The van der Waals surface area contributed by atoms with Crippen LogP contribution in [0.4, 0.5) is 0 Å². The topological polar surface area (TPSA) is 30.5 Å². The lowest BCUT2D eigenvalue weighted by atomic mass is 10.1. The largest absolute Gasteiger partial charge is 0.494 e. The highest BCUT2D eigenvalue weighted by molar-refractivity contribution is 5.30. The lowest BCUT2D eigenvalue weighted by molar-refractivity contribution is 0.0614. The minimum Gasteiger partial charge on any atom is -0.494 e. The molecule has 0 saturated carbocycles. The van der Waals surface area contributed by atoms with Gasteiger partial charge in [0.05, 0.1) is 25.4 Å². The van der Waals surface area contributed by atoms with Gasteiger partial charge in [-0.15, -0.1) is 0 Å². The fraction of sp³-hybridized carbons (Fsp3) is 0.625. The third-order valence-corrected chi connectivity index (χ3v) is 2.78. The zero-order chi connectivity index (χ0) is 14.1. The molecule has 1 rings (SSSR count). The number of rotatable bonds is 9. The number of likely N-dealkylation sites (N-methyl/N-ethyl adjacent to an activating group) is 1. The molecule has 0 fully saturated rings. The number of hydrogen-bond donors (Lipinski definition) is 1. The van der Waals surface area contributed by atoms with Crippen molar-refractivity contribution in [3.63, 3.8) is 0 Å². The van der Waals surface area contributed by atoms with E-state index in [0.29, 0.717) is 6.61 Å². The minimum absolute atomic E-state index is 0.220. The van der Waals surface area contributed by atoms with E-state index in [-0.39, 0.29) is 12.1 Å². The molecule has 1 aromatic rings. The summed E-state index contributed by atoms with van der Waals surface area (Å²) in [5.74, 6) is 0.937. The van der Waals surface area contributed by atoms with Gasteiger partial charge >= 0.3 is 0 Å². The fourth-order valence-electron chi connectivity index (χ4n) is 1.85. The van der Waals surface area contributed by atoms with Crippen molar-refractivity contribution in [1.82, 2.24) is 5.32 Å². The van der Waals surface area contributed by atoms with Crippen LogP contribution in [0.25, 0.3) is 0 Å². The summed E-state index contributed by atoms with van der Waals surface area (Å²) >= 11 is 0. The number of nitrogens with one attached hydrogen (secondary N) is 1. The van der Waals surface area contributed by atoms with Crippen LogP contribution in [-0.4, -0.2) is 25.9 Å². The molecule has 19 heavy (non-hydrogen) atoms. The van der Waals surface area contributed by atoms with Crippen molar-refractivity contribution in [2.24, 2.45) is 0 Å². The van der Waals surface area contributed by atoms with Crippen LogP contribution in [0.15, 0.2) is 24.3 Å². The van der Waals surface area contributed by atoms with E-state index in [1.807, 2.05) is 12.1 Å². The van der Waals surface area contributed by atoms with Gasteiger partial charge in [-0.1, -0.05) is 26.0 Å². The monoisotopic (exact) mass is 265 g/mol. The van der Waals surface area contributed by atoms with Crippen molar-refractivity contribution in [3.05, 3.63) is 29.8 Å². The van der Waals surface area contributed by atoms with E-state index in [2.05, 4.69) is 45.1 Å². The molecular weight excluding hydrogens is 238 g/mol. The number of ether oxygens (including phenoxy) is 2. The molecule has 1 unspecified atom stereocenters. The van der Waals surface area contributed by atoms with Crippen LogP contribution in [0.3, 0.4) is 0 Å². The summed E-state index contributed by atoms with van der Waals surface area (Å²) in [5.41, 5.74) is 1.22. The maximum absolute atomic E-state index is 5.73. The van der Waals surface area contributed by atoms with Gasteiger partial charge in [0.15, 0.2) is 0 Å². The maximum atomic E-state index is 5.73. The second-order valence-corrected chi connectivity index (χ2v) is 4.91. The van der Waals surface area contributed by atoms with Gasteiger partial charge in [-0.25, -0.2) is 0 Å². The fourth-order valence-corrected chi connectivity index (χ4v) is 1.85. The van der Waals surface area contributed by atoms with Crippen molar-refractivity contribution in [2.45, 2.75) is 46.3 Å². The Morgan fingerprint density at radius 2 is 2.00 bits per heavy atom. The van der Waals surface area contributed by atoms with Gasteiger partial charge in [-0.3, -0.25) is 0 Å². The zero-order valence-electron chi connectivity index (χ0n) is 12.6. The SMILES string of the molecule is CCCOc1cccc(C(COC(C)C)NCC)c1. The Morgan fingerprint density at radius 1 is 1.21 bits per heavy atom. The summed E-state index contributed by atoms with van der Waals surface area (Å²) in [6.45, 7) is 10.7. The molecule has 108 valence electrons. The predicted octanol–water partition coefficient (Wildman–Crippen LogP) is 3.55. The van der Waals surface area contributed by atoms with Crippen molar-refractivity contribution in [2.75, 3.05) is 19.8 Å². The van der Waals surface area contributed by atoms with Crippen molar-refractivity contribution < 1.29 is 9.47 Å². The molecule has 0 bridgehead atoms.